The van der Waals surface area contributed by atoms with E-state index in [0.717, 1.165) is 58.4 Å². The highest BCUT2D eigenvalue weighted by Crippen LogP contribution is 2.39. The Labute approximate surface area is 355 Å². The van der Waals surface area contributed by atoms with Gasteiger partial charge in [0.1, 0.15) is 22.9 Å². The number of nitrogens with zero attached hydrogens (tertiary/aromatic N) is 7. The Morgan fingerprint density at radius 1 is 1.05 bits per heavy atom. The lowest BCUT2D eigenvalue weighted by Gasteiger charge is -2.38. The molecule has 0 aliphatic carbocycles. The third kappa shape index (κ3) is 7.84. The Morgan fingerprint density at radius 2 is 1.84 bits per heavy atom. The van der Waals surface area contributed by atoms with Gasteiger partial charge in [0.15, 0.2) is 24.0 Å². The summed E-state index contributed by atoms with van der Waals surface area (Å²) in [4.78, 5) is 63.6. The van der Waals surface area contributed by atoms with Crippen molar-refractivity contribution < 1.29 is 28.2 Å². The fraction of sp³-hybridized carbons (Fsp3) is 0.465. The summed E-state index contributed by atoms with van der Waals surface area (Å²) in [5.74, 6) is 0.344. The molecule has 0 bridgehead atoms. The molecule has 4 aliphatic rings. The molecule has 4 aliphatic heterocycles. The summed E-state index contributed by atoms with van der Waals surface area (Å²) in [6.07, 6.45) is 5.86. The van der Waals surface area contributed by atoms with Gasteiger partial charge in [0, 0.05) is 62.7 Å². The van der Waals surface area contributed by atoms with Crippen LogP contribution in [-0.2, 0) is 21.4 Å². The van der Waals surface area contributed by atoms with Gasteiger partial charge in [0.2, 0.25) is 17.8 Å². The van der Waals surface area contributed by atoms with E-state index in [1.807, 2.05) is 31.2 Å². The summed E-state index contributed by atoms with van der Waals surface area (Å²) in [5, 5.41) is 14.4. The maximum Gasteiger partial charge on any atom is 0.293 e. The molecule has 3 fully saturated rings. The minimum absolute atomic E-state index is 0.0714. The van der Waals surface area contributed by atoms with Crippen molar-refractivity contribution in [2.24, 2.45) is 13.0 Å². The zero-order valence-corrected chi connectivity index (χ0v) is 35.1. The fourth-order valence-corrected chi connectivity index (χ4v) is 9.50. The maximum atomic E-state index is 16.2. The lowest BCUT2D eigenvalue weighted by atomic mass is 9.86. The normalized spacial score (nSPS) is 20.2. The van der Waals surface area contributed by atoms with Crippen LogP contribution in [0.5, 0.6) is 11.5 Å². The van der Waals surface area contributed by atoms with Gasteiger partial charge < -0.3 is 29.9 Å². The van der Waals surface area contributed by atoms with E-state index in [0.29, 0.717) is 73.6 Å². The molecule has 3 saturated heterocycles. The number of likely N-dealkylation sites (tertiary alicyclic amines) is 1. The van der Waals surface area contributed by atoms with Crippen molar-refractivity contribution in [3.05, 3.63) is 69.0 Å². The number of likely N-dealkylation sites (N-methyl/N-ethyl adjacent to an activating group) is 1. The number of piperidine rings is 3. The van der Waals surface area contributed by atoms with Crippen LogP contribution in [0.25, 0.3) is 21.8 Å². The Kier molecular flexibility index (Phi) is 11.0. The molecule has 0 radical (unpaired) electrons. The van der Waals surface area contributed by atoms with Crippen molar-refractivity contribution >= 4 is 68.6 Å². The van der Waals surface area contributed by atoms with Gasteiger partial charge in [-0.15, -0.1) is 0 Å². The molecule has 7 heterocycles. The van der Waals surface area contributed by atoms with Gasteiger partial charge in [-0.1, -0.05) is 23.7 Å². The standard InChI is InChI=1S/C43H48ClFN10O6/c1-23-21-60-32-18-27(16-26-17-33(61-22-35(57)46-2)42(59)55(23)38(26)32)48-40-31(44)19-47-43(50-40)54-14-8-24(9-15-54)20-53-12-10-25(11-13-53)28-4-5-29-37(51-52(3)39(29)36(28)45)30-6-7-34(56)49-41(30)58/h4-5,16-19,23-25,30H,6-15,20-22H2,1-3H3,(H,46,57)(H,47,48,50)(H,49,56,58). The van der Waals surface area contributed by atoms with E-state index >= 15 is 4.39 Å². The van der Waals surface area contributed by atoms with E-state index in [4.69, 9.17) is 26.1 Å². The second-order valence-corrected chi connectivity index (χ2v) is 17.0. The van der Waals surface area contributed by atoms with Crippen LogP contribution in [0.15, 0.2) is 41.3 Å². The summed E-state index contributed by atoms with van der Waals surface area (Å²) >= 11 is 6.63. The first-order valence-electron chi connectivity index (χ1n) is 20.9. The number of amides is 3. The third-order valence-electron chi connectivity index (χ3n) is 12.6. The molecule has 16 nitrogen and oxygen atoms in total. The largest absolute Gasteiger partial charge is 0.489 e. The highest BCUT2D eigenvalue weighted by molar-refractivity contribution is 6.33. The molecule has 61 heavy (non-hydrogen) atoms. The van der Waals surface area contributed by atoms with Gasteiger partial charge in [-0.25, -0.2) is 9.37 Å². The number of halogens is 2. The first kappa shape index (κ1) is 40.6. The predicted molar refractivity (Wildman–Crippen MR) is 227 cm³/mol. The van der Waals surface area contributed by atoms with Crippen LogP contribution in [0.2, 0.25) is 5.02 Å². The van der Waals surface area contributed by atoms with Gasteiger partial charge in [0.25, 0.3) is 11.5 Å². The van der Waals surface area contributed by atoms with Crippen molar-refractivity contribution in [3.8, 4) is 11.5 Å². The van der Waals surface area contributed by atoms with Crippen LogP contribution in [0.3, 0.4) is 0 Å². The molecule has 5 aromatic rings. The number of fused-ring (bicyclic) bond motifs is 1. The number of anilines is 3. The van der Waals surface area contributed by atoms with E-state index in [1.165, 1.54) is 11.7 Å². The van der Waals surface area contributed by atoms with Crippen molar-refractivity contribution in [1.29, 1.82) is 0 Å². The molecule has 18 heteroatoms. The molecule has 9 rings (SSSR count). The smallest absolute Gasteiger partial charge is 0.293 e. The van der Waals surface area contributed by atoms with E-state index in [-0.39, 0.29) is 66.4 Å². The molecule has 3 aromatic heterocycles. The Bertz CT molecular complexity index is 2620. The number of carbonyl (C=O) groups excluding carboxylic acids is 3. The lowest BCUT2D eigenvalue weighted by molar-refractivity contribution is -0.134. The molecule has 320 valence electrons. The monoisotopic (exact) mass is 854 g/mol. The van der Waals surface area contributed by atoms with Crippen molar-refractivity contribution in [2.75, 3.05) is 63.2 Å². The molecule has 3 N–H and O–H groups in total. The molecular weight excluding hydrogens is 807 g/mol. The highest BCUT2D eigenvalue weighted by Gasteiger charge is 2.34. The average Bonchev–Trinajstić information content (AvgIpc) is 3.59. The number of aryl methyl sites for hydroxylation is 1. The quantitative estimate of drug-likeness (QED) is 0.162. The number of hydrogen-bond donors (Lipinski definition) is 3. The van der Waals surface area contributed by atoms with Gasteiger partial charge >= 0.3 is 0 Å². The second kappa shape index (κ2) is 16.6. The number of hydrogen-bond acceptors (Lipinski definition) is 12. The maximum absolute atomic E-state index is 16.2. The zero-order valence-electron chi connectivity index (χ0n) is 34.3. The lowest BCUT2D eigenvalue weighted by Crippen LogP contribution is -2.41. The summed E-state index contributed by atoms with van der Waals surface area (Å²) in [7, 11) is 3.21. The van der Waals surface area contributed by atoms with Crippen molar-refractivity contribution in [2.45, 2.75) is 63.3 Å². The first-order chi connectivity index (χ1) is 29.4. The van der Waals surface area contributed by atoms with Crippen LogP contribution in [-0.4, -0.2) is 99.9 Å². The van der Waals surface area contributed by atoms with E-state index in [2.05, 4.69) is 35.8 Å². The summed E-state index contributed by atoms with van der Waals surface area (Å²) in [5.41, 5.74) is 2.57. The van der Waals surface area contributed by atoms with E-state index in [9.17, 15) is 19.2 Å². The summed E-state index contributed by atoms with van der Waals surface area (Å²) in [6.45, 7) is 6.23. The average molecular weight is 855 g/mol. The van der Waals surface area contributed by atoms with Gasteiger partial charge in [-0.3, -0.25) is 33.7 Å². The number of rotatable bonds is 10. The molecule has 2 unspecified atom stereocenters. The SMILES string of the molecule is CNC(=O)COc1cc2cc(Nc3nc(N4CCC(CN5CCC(c6ccc7c(C8CCC(=O)NC8=O)nn(C)c7c6F)CC5)CC4)ncc3Cl)cc3c2n(c1=O)C(C)CO3. The molecule has 2 aromatic carbocycles. The minimum Gasteiger partial charge on any atom is -0.489 e. The Balaban J connectivity index is 0.819. The number of carbonyl (C=O) groups is 3. The van der Waals surface area contributed by atoms with E-state index < -0.39 is 5.92 Å². The van der Waals surface area contributed by atoms with Gasteiger partial charge in [-0.05, 0) is 81.6 Å². The Hall–Kier alpha value is -5.81. The second-order valence-electron chi connectivity index (χ2n) is 16.6. The number of pyridine rings is 1. The van der Waals surface area contributed by atoms with Crippen LogP contribution < -0.4 is 35.9 Å². The predicted octanol–water partition coefficient (Wildman–Crippen LogP) is 4.91. The summed E-state index contributed by atoms with van der Waals surface area (Å²) < 4.78 is 31.0. The van der Waals surface area contributed by atoms with Gasteiger partial charge in [-0.2, -0.15) is 10.1 Å². The highest BCUT2D eigenvalue weighted by atomic mass is 35.5. The van der Waals surface area contributed by atoms with Crippen LogP contribution in [0, 0.1) is 11.7 Å². The zero-order chi connectivity index (χ0) is 42.5. The topological polar surface area (TPSA) is 178 Å². The molecule has 0 spiro atoms. The summed E-state index contributed by atoms with van der Waals surface area (Å²) in [6, 6.07) is 8.82. The number of nitrogens with one attached hydrogen (secondary N) is 3. The molecule has 0 saturated carbocycles. The number of benzene rings is 2. The van der Waals surface area contributed by atoms with E-state index in [1.54, 1.807) is 23.9 Å². The number of ether oxygens (including phenoxy) is 2. The van der Waals surface area contributed by atoms with Crippen LogP contribution in [0.1, 0.15) is 74.6 Å². The van der Waals surface area contributed by atoms with Crippen LogP contribution in [0.4, 0.5) is 21.8 Å². The first-order valence-corrected chi connectivity index (χ1v) is 21.3. The van der Waals surface area contributed by atoms with Crippen molar-refractivity contribution in [1.82, 2.24) is 39.8 Å². The number of imide groups is 1. The Morgan fingerprint density at radius 3 is 2.59 bits per heavy atom. The molecular formula is C43H48ClFN10O6. The molecule has 2 atom stereocenters. The third-order valence-corrected chi connectivity index (χ3v) is 12.9. The van der Waals surface area contributed by atoms with Gasteiger partial charge in [0.05, 0.1) is 29.4 Å². The minimum atomic E-state index is -0.576. The number of aromatic nitrogens is 5. The van der Waals surface area contributed by atoms with Crippen LogP contribution >= 0.6 is 11.6 Å². The molecule has 3 amide bonds. The van der Waals surface area contributed by atoms with Crippen molar-refractivity contribution in [3.63, 3.8) is 0 Å². The fourth-order valence-electron chi connectivity index (χ4n) is 9.36.